The number of hydrogen-bond donors (Lipinski definition) is 3. The van der Waals surface area contributed by atoms with E-state index in [4.69, 9.17) is 27.9 Å². The zero-order valence-corrected chi connectivity index (χ0v) is 19.3. The van der Waals surface area contributed by atoms with Crippen LogP contribution in [0.5, 0.6) is 0 Å². The molecule has 11 heteroatoms. The van der Waals surface area contributed by atoms with Gasteiger partial charge in [0.2, 0.25) is 5.91 Å². The second kappa shape index (κ2) is 11.6. The Hall–Kier alpha value is -1.91. The highest BCUT2D eigenvalue weighted by Gasteiger charge is 2.21. The predicted molar refractivity (Wildman–Crippen MR) is 121 cm³/mol. The van der Waals surface area contributed by atoms with E-state index in [0.717, 1.165) is 23.7 Å². The van der Waals surface area contributed by atoms with E-state index in [2.05, 4.69) is 25.8 Å². The molecule has 1 aromatic rings. The molecule has 31 heavy (non-hydrogen) atoms. The lowest BCUT2D eigenvalue weighted by Gasteiger charge is -2.33. The molecule has 0 saturated carbocycles. The van der Waals surface area contributed by atoms with Crippen molar-refractivity contribution in [1.82, 2.24) is 21.1 Å². The first-order chi connectivity index (χ1) is 14.9. The Morgan fingerprint density at radius 3 is 2.84 bits per heavy atom. The predicted octanol–water partition coefficient (Wildman–Crippen LogP) is 2.05. The van der Waals surface area contributed by atoms with Gasteiger partial charge in [-0.05, 0) is 29.8 Å². The second-order valence-electron chi connectivity index (χ2n) is 6.92. The van der Waals surface area contributed by atoms with Crippen molar-refractivity contribution in [2.75, 3.05) is 39.1 Å². The molecule has 2 heterocycles. The Kier molecular flexibility index (Phi) is 8.91. The van der Waals surface area contributed by atoms with Crippen LogP contribution in [-0.4, -0.2) is 62.0 Å². The van der Waals surface area contributed by atoms with Gasteiger partial charge in [-0.2, -0.15) is 0 Å². The van der Waals surface area contributed by atoms with Crippen LogP contribution in [0.2, 0.25) is 10.0 Å². The Morgan fingerprint density at radius 1 is 1.29 bits per heavy atom. The minimum Gasteiger partial charge on any atom is -0.464 e. The van der Waals surface area contributed by atoms with Gasteiger partial charge in [-0.3, -0.25) is 20.5 Å². The van der Waals surface area contributed by atoms with Gasteiger partial charge >= 0.3 is 5.97 Å². The lowest BCUT2D eigenvalue weighted by Crippen LogP contribution is -2.47. The summed E-state index contributed by atoms with van der Waals surface area (Å²) < 4.78 is 10.4. The van der Waals surface area contributed by atoms with Gasteiger partial charge in [-0.25, -0.2) is 4.79 Å². The first kappa shape index (κ1) is 23.7. The van der Waals surface area contributed by atoms with Crippen LogP contribution in [0.3, 0.4) is 0 Å². The summed E-state index contributed by atoms with van der Waals surface area (Å²) in [6.45, 7) is 3.32. The molecular formula is C20H24Cl2N4O4S. The number of methoxy groups -OCH3 is 1. The quantitative estimate of drug-likeness (QED) is 0.480. The molecule has 1 aromatic carbocycles. The number of amides is 1. The summed E-state index contributed by atoms with van der Waals surface area (Å²) in [6, 6.07) is 5.64. The summed E-state index contributed by atoms with van der Waals surface area (Å²) in [5.74, 6) is -0.325. The topological polar surface area (TPSA) is 91.9 Å². The Balaban J connectivity index is 1.39. The van der Waals surface area contributed by atoms with Gasteiger partial charge in [-0.1, -0.05) is 41.0 Å². The van der Waals surface area contributed by atoms with Crippen LogP contribution < -0.4 is 16.2 Å². The van der Waals surface area contributed by atoms with Crippen molar-refractivity contribution in [2.24, 2.45) is 0 Å². The van der Waals surface area contributed by atoms with Gasteiger partial charge in [0.15, 0.2) is 0 Å². The number of allylic oxidation sites excluding steroid dienone is 2. The average Bonchev–Trinajstić information content (AvgIpc) is 2.79. The van der Waals surface area contributed by atoms with Crippen molar-refractivity contribution in [1.29, 1.82) is 0 Å². The molecule has 3 N–H and O–H groups in total. The smallest absolute Gasteiger partial charge is 0.355 e. The third-order valence-electron chi connectivity index (χ3n) is 4.63. The van der Waals surface area contributed by atoms with Crippen molar-refractivity contribution < 1.29 is 19.1 Å². The number of benzene rings is 1. The van der Waals surface area contributed by atoms with Gasteiger partial charge in [0.05, 0.1) is 40.6 Å². The van der Waals surface area contributed by atoms with Crippen molar-refractivity contribution in [3.63, 3.8) is 0 Å². The Labute approximate surface area is 195 Å². The van der Waals surface area contributed by atoms with Crippen LogP contribution >= 0.6 is 35.0 Å². The molecule has 168 valence electrons. The van der Waals surface area contributed by atoms with Crippen LogP contribution in [0, 0.1) is 0 Å². The van der Waals surface area contributed by atoms with Gasteiger partial charge < -0.3 is 14.8 Å². The first-order valence-corrected chi connectivity index (χ1v) is 11.4. The van der Waals surface area contributed by atoms with Crippen LogP contribution in [0.1, 0.15) is 5.56 Å². The van der Waals surface area contributed by atoms with Gasteiger partial charge in [0, 0.05) is 26.2 Å². The molecule has 0 aromatic heterocycles. The van der Waals surface area contributed by atoms with Crippen molar-refractivity contribution in [3.8, 4) is 0 Å². The summed E-state index contributed by atoms with van der Waals surface area (Å²) in [5.41, 5.74) is 6.98. The molecule has 1 amide bonds. The highest BCUT2D eigenvalue weighted by Crippen LogP contribution is 2.23. The molecule has 0 spiro atoms. The maximum Gasteiger partial charge on any atom is 0.355 e. The molecule has 1 fully saturated rings. The maximum absolute atomic E-state index is 12.2. The fourth-order valence-corrected chi connectivity index (χ4v) is 4.05. The monoisotopic (exact) mass is 486 g/mol. The fraction of sp³-hybridized carbons (Fsp3) is 0.400. The minimum atomic E-state index is -0.466. The summed E-state index contributed by atoms with van der Waals surface area (Å²) in [7, 11) is 1.31. The van der Waals surface area contributed by atoms with Crippen LogP contribution in [0.4, 0.5) is 0 Å². The standard InChI is InChI=1S/C20H24Cl2N4O4S/c1-29-20(28)17-4-5-19(25-24-17)31-12-18(27)23-9-14-11-26(6-7-30-14)10-13-2-3-15(21)16(22)8-13/h2-5,8,14,24-25H,6-7,9-12H2,1H3,(H,23,27)/t14-/m0/s1. The first-order valence-electron chi connectivity index (χ1n) is 9.64. The van der Waals surface area contributed by atoms with Crippen LogP contribution in [-0.2, 0) is 25.6 Å². The number of hydrogen-bond acceptors (Lipinski definition) is 8. The number of halogens is 2. The number of esters is 1. The van der Waals surface area contributed by atoms with Crippen molar-refractivity contribution >= 4 is 46.8 Å². The summed E-state index contributed by atoms with van der Waals surface area (Å²) in [6.07, 6.45) is 3.23. The number of ether oxygens (including phenoxy) is 2. The number of thioether (sulfide) groups is 1. The van der Waals surface area contributed by atoms with E-state index < -0.39 is 5.97 Å². The zero-order chi connectivity index (χ0) is 22.2. The molecular weight excluding hydrogens is 463 g/mol. The molecule has 2 aliphatic rings. The number of carbonyl (C=O) groups is 2. The number of nitrogens with zero attached hydrogens (tertiary/aromatic N) is 1. The fourth-order valence-electron chi connectivity index (χ4n) is 3.05. The number of nitrogens with one attached hydrogen (secondary N) is 3. The van der Waals surface area contributed by atoms with Crippen molar-refractivity contribution in [2.45, 2.75) is 12.6 Å². The molecule has 0 bridgehead atoms. The van der Waals surface area contributed by atoms with E-state index in [9.17, 15) is 9.59 Å². The van der Waals surface area contributed by atoms with Crippen LogP contribution in [0.25, 0.3) is 0 Å². The molecule has 0 aliphatic carbocycles. The Morgan fingerprint density at radius 2 is 2.13 bits per heavy atom. The highest BCUT2D eigenvalue weighted by atomic mass is 35.5. The molecule has 3 rings (SSSR count). The van der Waals surface area contributed by atoms with Crippen LogP contribution in [0.15, 0.2) is 41.1 Å². The number of morpholine rings is 1. The van der Waals surface area contributed by atoms with E-state index in [1.807, 2.05) is 12.1 Å². The van der Waals surface area contributed by atoms with Gasteiger partial charge in [-0.15, -0.1) is 0 Å². The van der Waals surface area contributed by atoms with E-state index in [-0.39, 0.29) is 17.8 Å². The largest absolute Gasteiger partial charge is 0.464 e. The van der Waals surface area contributed by atoms with Gasteiger partial charge in [0.25, 0.3) is 0 Å². The molecule has 2 aliphatic heterocycles. The summed E-state index contributed by atoms with van der Waals surface area (Å²) >= 11 is 13.4. The van der Waals surface area contributed by atoms with Gasteiger partial charge in [0.1, 0.15) is 5.70 Å². The third-order valence-corrected chi connectivity index (χ3v) is 6.32. The highest BCUT2D eigenvalue weighted by molar-refractivity contribution is 8.03. The number of hydrazine groups is 1. The van der Waals surface area contributed by atoms with E-state index >= 15 is 0 Å². The normalized spacial score (nSPS) is 18.9. The minimum absolute atomic E-state index is 0.0790. The van der Waals surface area contributed by atoms with E-state index in [1.165, 1.54) is 18.9 Å². The molecule has 8 nitrogen and oxygen atoms in total. The molecule has 1 saturated heterocycles. The number of carbonyl (C=O) groups excluding carboxylic acids is 2. The SMILES string of the molecule is COC(=O)C1=CC=C(SCC(=O)NC[C@H]2CN(Cc3ccc(Cl)c(Cl)c3)CCO2)NN1. The third kappa shape index (κ3) is 7.33. The lowest BCUT2D eigenvalue weighted by molar-refractivity contribution is -0.136. The van der Waals surface area contributed by atoms with E-state index in [0.29, 0.717) is 35.4 Å². The lowest BCUT2D eigenvalue weighted by atomic mass is 10.2. The zero-order valence-electron chi connectivity index (χ0n) is 17.0. The average molecular weight is 487 g/mol. The summed E-state index contributed by atoms with van der Waals surface area (Å²) in [4.78, 5) is 25.9. The van der Waals surface area contributed by atoms with Crippen molar-refractivity contribution in [3.05, 3.63) is 56.7 Å². The molecule has 0 radical (unpaired) electrons. The molecule has 0 unspecified atom stereocenters. The summed E-state index contributed by atoms with van der Waals surface area (Å²) in [5, 5.41) is 4.73. The Bertz CT molecular complexity index is 881. The molecule has 1 atom stereocenters. The maximum atomic E-state index is 12.2. The second-order valence-corrected chi connectivity index (χ2v) is 8.75. The number of rotatable bonds is 8. The van der Waals surface area contributed by atoms with E-state index in [1.54, 1.807) is 18.2 Å².